The molecule has 0 atom stereocenters. The summed E-state index contributed by atoms with van der Waals surface area (Å²) in [7, 11) is 0. The van der Waals surface area contributed by atoms with Gasteiger partial charge in [0.25, 0.3) is 5.91 Å². The molecule has 2 aromatic rings. The second-order valence-electron chi connectivity index (χ2n) is 5.43. The maximum absolute atomic E-state index is 13.0. The van der Waals surface area contributed by atoms with Crippen LogP contribution in [0.1, 0.15) is 41.6 Å². The Labute approximate surface area is 123 Å². The molecule has 1 heterocycles. The first kappa shape index (κ1) is 13.4. The zero-order chi connectivity index (χ0) is 14.9. The van der Waals surface area contributed by atoms with E-state index < -0.39 is 5.41 Å². The predicted octanol–water partition coefficient (Wildman–Crippen LogP) is 2.49. The van der Waals surface area contributed by atoms with Gasteiger partial charge < -0.3 is 5.73 Å². The number of nitriles is 1. The number of benzene rings is 1. The molecule has 0 saturated heterocycles. The lowest BCUT2D eigenvalue weighted by Crippen LogP contribution is -2.38. The van der Waals surface area contributed by atoms with Crippen molar-refractivity contribution >= 4 is 11.7 Å². The highest BCUT2D eigenvalue weighted by Gasteiger charge is 2.44. The Bertz CT molecular complexity index is 706. The molecule has 1 aliphatic rings. The summed E-state index contributed by atoms with van der Waals surface area (Å²) in [6.45, 7) is 0. The first-order valence-electron chi connectivity index (χ1n) is 7.03. The first-order chi connectivity index (χ1) is 10.2. The van der Waals surface area contributed by atoms with Crippen molar-refractivity contribution in [3.63, 3.8) is 0 Å². The summed E-state index contributed by atoms with van der Waals surface area (Å²) in [5, 5.41) is 13.0. The Morgan fingerprint density at radius 3 is 2.52 bits per heavy atom. The number of carbonyl (C=O) groups is 1. The van der Waals surface area contributed by atoms with Crippen molar-refractivity contribution in [2.45, 2.75) is 31.1 Å². The third-order valence-electron chi connectivity index (χ3n) is 4.31. The number of anilines is 1. The second kappa shape index (κ2) is 5.06. The number of nitrogens with two attached hydrogens (primary N) is 1. The fourth-order valence-electron chi connectivity index (χ4n) is 3.17. The third kappa shape index (κ3) is 2.00. The molecule has 0 aliphatic heterocycles. The fourth-order valence-corrected chi connectivity index (χ4v) is 3.17. The summed E-state index contributed by atoms with van der Waals surface area (Å²) in [6, 6.07) is 11.7. The van der Waals surface area contributed by atoms with Crippen LogP contribution < -0.4 is 5.73 Å². The Balaban J connectivity index is 2.08. The van der Waals surface area contributed by atoms with Crippen LogP contribution in [0.2, 0.25) is 0 Å². The number of nitrogen functional groups attached to an aromatic ring is 1. The highest BCUT2D eigenvalue weighted by molar-refractivity contribution is 5.92. The van der Waals surface area contributed by atoms with Crippen LogP contribution >= 0.6 is 0 Å². The topological polar surface area (TPSA) is 84.7 Å². The summed E-state index contributed by atoms with van der Waals surface area (Å²) >= 11 is 0. The lowest BCUT2D eigenvalue weighted by atomic mass is 9.78. The van der Waals surface area contributed by atoms with Gasteiger partial charge >= 0.3 is 0 Å². The van der Waals surface area contributed by atoms with Crippen LogP contribution in [0, 0.1) is 11.3 Å². The SMILES string of the molecule is N#Cc1cnn(C(=O)C2(c3ccccc3)CCCC2)c1N. The van der Waals surface area contributed by atoms with Crippen LogP contribution in [0.15, 0.2) is 36.5 Å². The van der Waals surface area contributed by atoms with Gasteiger partial charge in [-0.15, -0.1) is 0 Å². The molecule has 1 aliphatic carbocycles. The van der Waals surface area contributed by atoms with Gasteiger partial charge in [0.1, 0.15) is 17.5 Å². The van der Waals surface area contributed by atoms with Gasteiger partial charge in [-0.1, -0.05) is 43.2 Å². The van der Waals surface area contributed by atoms with Crippen molar-refractivity contribution in [1.82, 2.24) is 9.78 Å². The van der Waals surface area contributed by atoms with Gasteiger partial charge in [0, 0.05) is 0 Å². The molecule has 2 N–H and O–H groups in total. The molecule has 0 unspecified atom stereocenters. The molecule has 5 nitrogen and oxygen atoms in total. The van der Waals surface area contributed by atoms with Gasteiger partial charge in [-0.05, 0) is 18.4 Å². The fraction of sp³-hybridized carbons (Fsp3) is 0.312. The molecule has 0 amide bonds. The molecule has 1 saturated carbocycles. The normalized spacial score (nSPS) is 16.5. The van der Waals surface area contributed by atoms with Crippen molar-refractivity contribution in [3.05, 3.63) is 47.7 Å². The molecular formula is C16H16N4O. The monoisotopic (exact) mass is 280 g/mol. The number of hydrogen-bond donors (Lipinski definition) is 1. The molecule has 0 radical (unpaired) electrons. The number of carbonyl (C=O) groups excluding carboxylic acids is 1. The van der Waals surface area contributed by atoms with E-state index in [9.17, 15) is 4.79 Å². The molecule has 1 aromatic carbocycles. The van der Waals surface area contributed by atoms with Crippen LogP contribution in [0.4, 0.5) is 5.82 Å². The van der Waals surface area contributed by atoms with Gasteiger partial charge in [-0.3, -0.25) is 4.79 Å². The van der Waals surface area contributed by atoms with E-state index in [1.807, 2.05) is 36.4 Å². The van der Waals surface area contributed by atoms with E-state index in [0.717, 1.165) is 31.2 Å². The second-order valence-corrected chi connectivity index (χ2v) is 5.43. The number of aromatic nitrogens is 2. The summed E-state index contributed by atoms with van der Waals surface area (Å²) in [6.07, 6.45) is 4.94. The van der Waals surface area contributed by atoms with E-state index in [1.165, 1.54) is 10.9 Å². The molecule has 106 valence electrons. The number of hydrogen-bond acceptors (Lipinski definition) is 4. The highest BCUT2D eigenvalue weighted by atomic mass is 16.2. The summed E-state index contributed by atoms with van der Waals surface area (Å²) < 4.78 is 1.19. The van der Waals surface area contributed by atoms with Crippen LogP contribution in [0.5, 0.6) is 0 Å². The first-order valence-corrected chi connectivity index (χ1v) is 7.03. The maximum Gasteiger partial charge on any atom is 0.259 e. The van der Waals surface area contributed by atoms with Crippen molar-refractivity contribution < 1.29 is 4.79 Å². The Morgan fingerprint density at radius 2 is 1.95 bits per heavy atom. The lowest BCUT2D eigenvalue weighted by Gasteiger charge is -2.27. The average molecular weight is 280 g/mol. The summed E-state index contributed by atoms with van der Waals surface area (Å²) in [4.78, 5) is 13.0. The molecule has 3 rings (SSSR count). The molecule has 0 bridgehead atoms. The van der Waals surface area contributed by atoms with Gasteiger partial charge in [0.2, 0.25) is 0 Å². The Kier molecular flexibility index (Phi) is 3.22. The number of rotatable bonds is 2. The number of nitrogens with zero attached hydrogens (tertiary/aromatic N) is 3. The molecule has 5 heteroatoms. The molecular weight excluding hydrogens is 264 g/mol. The highest BCUT2D eigenvalue weighted by Crippen LogP contribution is 2.42. The largest absolute Gasteiger partial charge is 0.382 e. The average Bonchev–Trinajstić information content (AvgIpc) is 3.15. The Hall–Kier alpha value is -2.61. The van der Waals surface area contributed by atoms with Crippen molar-refractivity contribution in [3.8, 4) is 6.07 Å². The molecule has 0 spiro atoms. The van der Waals surface area contributed by atoms with E-state index in [2.05, 4.69) is 5.10 Å². The van der Waals surface area contributed by atoms with Gasteiger partial charge in [-0.2, -0.15) is 15.0 Å². The standard InChI is InChI=1S/C16H16N4O/c17-10-12-11-19-20(14(12)18)15(21)16(8-4-5-9-16)13-6-2-1-3-7-13/h1-3,6-7,11H,4-5,8-9,18H2. The van der Waals surface area contributed by atoms with E-state index >= 15 is 0 Å². The van der Waals surface area contributed by atoms with E-state index in [-0.39, 0.29) is 17.3 Å². The minimum absolute atomic E-state index is 0.129. The zero-order valence-corrected chi connectivity index (χ0v) is 11.6. The maximum atomic E-state index is 13.0. The van der Waals surface area contributed by atoms with Crippen LogP contribution in [-0.2, 0) is 5.41 Å². The zero-order valence-electron chi connectivity index (χ0n) is 11.6. The van der Waals surface area contributed by atoms with Gasteiger partial charge in [0.05, 0.1) is 11.6 Å². The third-order valence-corrected chi connectivity index (χ3v) is 4.31. The Morgan fingerprint density at radius 1 is 1.29 bits per heavy atom. The van der Waals surface area contributed by atoms with E-state index in [1.54, 1.807) is 0 Å². The van der Waals surface area contributed by atoms with Crippen LogP contribution in [-0.4, -0.2) is 15.7 Å². The van der Waals surface area contributed by atoms with Crippen molar-refractivity contribution in [2.75, 3.05) is 5.73 Å². The van der Waals surface area contributed by atoms with E-state index in [4.69, 9.17) is 11.0 Å². The quantitative estimate of drug-likeness (QED) is 0.915. The van der Waals surface area contributed by atoms with Crippen molar-refractivity contribution in [1.29, 1.82) is 5.26 Å². The van der Waals surface area contributed by atoms with Crippen LogP contribution in [0.25, 0.3) is 0 Å². The predicted molar refractivity (Wildman–Crippen MR) is 78.6 cm³/mol. The molecule has 21 heavy (non-hydrogen) atoms. The van der Waals surface area contributed by atoms with Crippen LogP contribution in [0.3, 0.4) is 0 Å². The lowest BCUT2D eigenvalue weighted by molar-refractivity contribution is 0.0783. The minimum atomic E-state index is -0.575. The van der Waals surface area contributed by atoms with Crippen molar-refractivity contribution in [2.24, 2.45) is 0 Å². The molecule has 1 aromatic heterocycles. The summed E-state index contributed by atoms with van der Waals surface area (Å²) in [5.74, 6) is -0.00472. The summed E-state index contributed by atoms with van der Waals surface area (Å²) in [5.41, 5.74) is 6.54. The minimum Gasteiger partial charge on any atom is -0.382 e. The van der Waals surface area contributed by atoms with Gasteiger partial charge in [0.15, 0.2) is 0 Å². The van der Waals surface area contributed by atoms with E-state index in [0.29, 0.717) is 0 Å². The molecule has 1 fully saturated rings. The van der Waals surface area contributed by atoms with Gasteiger partial charge in [-0.25, -0.2) is 0 Å². The smallest absolute Gasteiger partial charge is 0.259 e.